The second kappa shape index (κ2) is 8.18. The van der Waals surface area contributed by atoms with E-state index in [9.17, 15) is 9.59 Å². The third kappa shape index (κ3) is 4.28. The van der Waals surface area contributed by atoms with E-state index in [2.05, 4.69) is 0 Å². The fraction of sp³-hybridized carbons (Fsp3) is 0.579. The van der Waals surface area contributed by atoms with E-state index in [-0.39, 0.29) is 11.7 Å². The summed E-state index contributed by atoms with van der Waals surface area (Å²) >= 11 is 0. The van der Waals surface area contributed by atoms with Crippen LogP contribution in [0.4, 0.5) is 0 Å². The van der Waals surface area contributed by atoms with Crippen molar-refractivity contribution in [1.82, 2.24) is 4.90 Å². The average molecular weight is 331 g/mol. The number of ketones is 1. The Morgan fingerprint density at radius 2 is 1.62 bits per heavy atom. The van der Waals surface area contributed by atoms with Gasteiger partial charge >= 0.3 is 0 Å². The molecule has 0 aliphatic carbocycles. The first-order valence-electron chi connectivity index (χ1n) is 8.95. The van der Waals surface area contributed by atoms with Crippen molar-refractivity contribution in [2.45, 2.75) is 44.9 Å². The van der Waals surface area contributed by atoms with E-state index in [4.69, 9.17) is 9.47 Å². The summed E-state index contributed by atoms with van der Waals surface area (Å²) in [6.45, 7) is 2.79. The molecule has 0 unspecified atom stereocenters. The molecule has 1 fully saturated rings. The van der Waals surface area contributed by atoms with E-state index in [0.29, 0.717) is 49.5 Å². The normalized spacial score (nSPS) is 17.2. The molecule has 0 atom stereocenters. The van der Waals surface area contributed by atoms with E-state index in [1.54, 1.807) is 18.2 Å². The molecule has 1 aromatic carbocycles. The Bertz CT molecular complexity index is 591. The van der Waals surface area contributed by atoms with Gasteiger partial charge in [0.05, 0.1) is 0 Å². The average Bonchev–Trinajstić information content (AvgIpc) is 2.90. The minimum Gasteiger partial charge on any atom is -0.486 e. The molecule has 0 spiro atoms. The molecule has 24 heavy (non-hydrogen) atoms. The van der Waals surface area contributed by atoms with Gasteiger partial charge in [0.2, 0.25) is 5.91 Å². The second-order valence-corrected chi connectivity index (χ2v) is 6.43. The van der Waals surface area contributed by atoms with Gasteiger partial charge in [0.25, 0.3) is 0 Å². The molecule has 130 valence electrons. The summed E-state index contributed by atoms with van der Waals surface area (Å²) in [5, 5.41) is 0. The number of hydrogen-bond acceptors (Lipinski definition) is 4. The van der Waals surface area contributed by atoms with Crippen molar-refractivity contribution in [2.75, 3.05) is 26.3 Å². The summed E-state index contributed by atoms with van der Waals surface area (Å²) < 4.78 is 11.0. The van der Waals surface area contributed by atoms with Crippen LogP contribution in [0, 0.1) is 0 Å². The number of ether oxygens (including phenoxy) is 2. The number of nitrogens with zero attached hydrogens (tertiary/aromatic N) is 1. The summed E-state index contributed by atoms with van der Waals surface area (Å²) in [6.07, 6.45) is 6.07. The van der Waals surface area contributed by atoms with Crippen LogP contribution < -0.4 is 9.47 Å². The van der Waals surface area contributed by atoms with Crippen molar-refractivity contribution in [3.63, 3.8) is 0 Å². The molecule has 1 saturated heterocycles. The highest BCUT2D eigenvalue weighted by Gasteiger charge is 2.17. The molecule has 2 aliphatic rings. The lowest BCUT2D eigenvalue weighted by Crippen LogP contribution is -2.31. The summed E-state index contributed by atoms with van der Waals surface area (Å²) in [6, 6.07) is 5.30. The topological polar surface area (TPSA) is 55.8 Å². The van der Waals surface area contributed by atoms with Gasteiger partial charge in [-0.1, -0.05) is 12.8 Å². The SMILES string of the molecule is O=C(CCCC(=O)N1CCCCCC1)c1ccc2c(c1)OCCO2. The smallest absolute Gasteiger partial charge is 0.222 e. The molecule has 0 N–H and O–H groups in total. The van der Waals surface area contributed by atoms with Crippen LogP contribution in [0.15, 0.2) is 18.2 Å². The molecule has 1 amide bonds. The van der Waals surface area contributed by atoms with Crippen LogP contribution in [0.2, 0.25) is 0 Å². The van der Waals surface area contributed by atoms with Crippen molar-refractivity contribution >= 4 is 11.7 Å². The molecular weight excluding hydrogens is 306 g/mol. The van der Waals surface area contributed by atoms with Crippen LogP contribution in [0.5, 0.6) is 11.5 Å². The summed E-state index contributed by atoms with van der Waals surface area (Å²) in [5.41, 5.74) is 0.626. The Hall–Kier alpha value is -2.04. The van der Waals surface area contributed by atoms with Crippen molar-refractivity contribution in [1.29, 1.82) is 0 Å². The fourth-order valence-electron chi connectivity index (χ4n) is 3.24. The molecule has 0 aromatic heterocycles. The predicted octanol–water partition coefficient (Wildman–Crippen LogP) is 3.21. The first-order valence-corrected chi connectivity index (χ1v) is 8.95. The highest BCUT2D eigenvalue weighted by atomic mass is 16.6. The third-order valence-electron chi connectivity index (χ3n) is 4.62. The largest absolute Gasteiger partial charge is 0.486 e. The molecule has 3 rings (SSSR count). The van der Waals surface area contributed by atoms with Crippen molar-refractivity contribution in [3.05, 3.63) is 23.8 Å². The zero-order chi connectivity index (χ0) is 16.8. The Morgan fingerprint density at radius 3 is 2.38 bits per heavy atom. The van der Waals surface area contributed by atoms with Crippen LogP contribution in [-0.4, -0.2) is 42.9 Å². The van der Waals surface area contributed by atoms with Crippen LogP contribution in [-0.2, 0) is 4.79 Å². The number of amides is 1. The van der Waals surface area contributed by atoms with Crippen LogP contribution in [0.3, 0.4) is 0 Å². The van der Waals surface area contributed by atoms with Gasteiger partial charge < -0.3 is 14.4 Å². The quantitative estimate of drug-likeness (QED) is 0.778. The molecule has 5 heteroatoms. The maximum absolute atomic E-state index is 12.3. The van der Waals surface area contributed by atoms with E-state index in [1.165, 1.54) is 12.8 Å². The number of rotatable bonds is 5. The fourth-order valence-corrected chi connectivity index (χ4v) is 3.24. The maximum Gasteiger partial charge on any atom is 0.222 e. The number of carbonyl (C=O) groups is 2. The van der Waals surface area contributed by atoms with Crippen LogP contribution in [0.1, 0.15) is 55.3 Å². The predicted molar refractivity (Wildman–Crippen MR) is 90.7 cm³/mol. The van der Waals surface area contributed by atoms with Crippen molar-refractivity contribution < 1.29 is 19.1 Å². The van der Waals surface area contributed by atoms with Gasteiger partial charge in [0, 0.05) is 31.5 Å². The standard InChI is InChI=1S/C19H25NO4/c21-16(15-8-9-17-18(14-15)24-13-12-23-17)6-5-7-19(22)20-10-3-1-2-4-11-20/h8-9,14H,1-7,10-13H2. The summed E-state index contributed by atoms with van der Waals surface area (Å²) in [7, 11) is 0. The van der Waals surface area contributed by atoms with Gasteiger partial charge in [-0.25, -0.2) is 0 Å². The lowest BCUT2D eigenvalue weighted by molar-refractivity contribution is -0.131. The number of carbonyl (C=O) groups excluding carboxylic acids is 2. The molecule has 1 aromatic rings. The molecule has 2 aliphatic heterocycles. The van der Waals surface area contributed by atoms with Gasteiger partial charge in [-0.2, -0.15) is 0 Å². The third-order valence-corrected chi connectivity index (χ3v) is 4.62. The molecule has 5 nitrogen and oxygen atoms in total. The molecular formula is C19H25NO4. The molecule has 0 bridgehead atoms. The van der Waals surface area contributed by atoms with Gasteiger partial charge in [-0.05, 0) is 37.5 Å². The Kier molecular flexibility index (Phi) is 5.72. The Balaban J connectivity index is 1.47. The zero-order valence-corrected chi connectivity index (χ0v) is 14.1. The van der Waals surface area contributed by atoms with Crippen molar-refractivity contribution in [3.8, 4) is 11.5 Å². The van der Waals surface area contributed by atoms with E-state index >= 15 is 0 Å². The van der Waals surface area contributed by atoms with E-state index in [0.717, 1.165) is 25.9 Å². The molecule has 0 radical (unpaired) electrons. The maximum atomic E-state index is 12.3. The Morgan fingerprint density at radius 1 is 0.917 bits per heavy atom. The van der Waals surface area contributed by atoms with Crippen LogP contribution >= 0.6 is 0 Å². The van der Waals surface area contributed by atoms with Crippen molar-refractivity contribution in [2.24, 2.45) is 0 Å². The molecule has 0 saturated carbocycles. The number of benzene rings is 1. The lowest BCUT2D eigenvalue weighted by atomic mass is 10.0. The van der Waals surface area contributed by atoms with Gasteiger partial charge in [-0.15, -0.1) is 0 Å². The monoisotopic (exact) mass is 331 g/mol. The van der Waals surface area contributed by atoms with Gasteiger partial charge in [-0.3, -0.25) is 9.59 Å². The second-order valence-electron chi connectivity index (χ2n) is 6.43. The van der Waals surface area contributed by atoms with Gasteiger partial charge in [0.1, 0.15) is 13.2 Å². The number of Topliss-reactive ketones (excluding diaryl/α,β-unsaturated/α-hetero) is 1. The lowest BCUT2D eigenvalue weighted by Gasteiger charge is -2.20. The number of fused-ring (bicyclic) bond motifs is 1. The highest BCUT2D eigenvalue weighted by molar-refractivity contribution is 5.96. The van der Waals surface area contributed by atoms with Crippen LogP contribution in [0.25, 0.3) is 0 Å². The molecule has 2 heterocycles. The zero-order valence-electron chi connectivity index (χ0n) is 14.1. The number of hydrogen-bond donors (Lipinski definition) is 0. The summed E-state index contributed by atoms with van der Waals surface area (Å²) in [4.78, 5) is 26.5. The van der Waals surface area contributed by atoms with E-state index < -0.39 is 0 Å². The minimum absolute atomic E-state index is 0.0515. The van der Waals surface area contributed by atoms with E-state index in [1.807, 2.05) is 4.90 Å². The Labute approximate surface area is 142 Å². The first kappa shape index (κ1) is 16.8. The highest BCUT2D eigenvalue weighted by Crippen LogP contribution is 2.31. The minimum atomic E-state index is 0.0515. The van der Waals surface area contributed by atoms with Gasteiger partial charge in [0.15, 0.2) is 17.3 Å². The summed E-state index contributed by atoms with van der Waals surface area (Å²) in [5.74, 6) is 1.56. The first-order chi connectivity index (χ1) is 11.7. The number of likely N-dealkylation sites (tertiary alicyclic amines) is 1.